The first-order valence-electron chi connectivity index (χ1n) is 7.32. The van der Waals surface area contributed by atoms with E-state index in [1.54, 1.807) is 22.9 Å². The van der Waals surface area contributed by atoms with Gasteiger partial charge in [-0.3, -0.25) is 4.57 Å². The summed E-state index contributed by atoms with van der Waals surface area (Å²) >= 11 is 0. The van der Waals surface area contributed by atoms with Crippen LogP contribution in [-0.4, -0.2) is 62.3 Å². The van der Waals surface area contributed by atoms with Crippen molar-refractivity contribution < 1.29 is 29.9 Å². The van der Waals surface area contributed by atoms with Crippen LogP contribution < -0.4 is 4.74 Å². The number of aromatic nitrogens is 1. The highest BCUT2D eigenvalue weighted by molar-refractivity contribution is 5.37. The Labute approximate surface area is 132 Å². The van der Waals surface area contributed by atoms with Crippen molar-refractivity contribution in [3.63, 3.8) is 0 Å². The average molecular weight is 321 g/mol. The Morgan fingerprint density at radius 3 is 2.39 bits per heavy atom. The molecule has 1 aliphatic heterocycles. The topological polar surface area (TPSA) is 104 Å². The number of hydrogen-bond acceptors (Lipinski definition) is 6. The van der Waals surface area contributed by atoms with Gasteiger partial charge in [-0.2, -0.15) is 0 Å². The van der Waals surface area contributed by atoms with E-state index in [0.29, 0.717) is 5.88 Å². The lowest BCUT2D eigenvalue weighted by Gasteiger charge is -2.39. The highest BCUT2D eigenvalue weighted by Gasteiger charge is 2.44. The van der Waals surface area contributed by atoms with E-state index in [0.717, 1.165) is 5.69 Å². The van der Waals surface area contributed by atoms with Crippen molar-refractivity contribution in [2.45, 2.75) is 30.7 Å². The summed E-state index contributed by atoms with van der Waals surface area (Å²) in [6, 6.07) is 12.9. The van der Waals surface area contributed by atoms with Crippen molar-refractivity contribution in [3.8, 4) is 11.6 Å². The van der Waals surface area contributed by atoms with Crippen LogP contribution in [0, 0.1) is 0 Å². The van der Waals surface area contributed by atoms with Crippen LogP contribution in [0.4, 0.5) is 0 Å². The fourth-order valence-electron chi connectivity index (χ4n) is 2.55. The number of rotatable bonds is 4. The van der Waals surface area contributed by atoms with Gasteiger partial charge in [-0.25, -0.2) is 0 Å². The second-order valence-electron chi connectivity index (χ2n) is 5.37. The normalized spacial score (nSPS) is 31.0. The quantitative estimate of drug-likeness (QED) is 0.614. The molecule has 0 bridgehead atoms. The monoisotopic (exact) mass is 321 g/mol. The Bertz CT molecular complexity index is 629. The van der Waals surface area contributed by atoms with Gasteiger partial charge in [0.25, 0.3) is 0 Å². The van der Waals surface area contributed by atoms with Crippen LogP contribution in [0.15, 0.2) is 48.7 Å². The van der Waals surface area contributed by atoms with Gasteiger partial charge in [-0.05, 0) is 18.2 Å². The second-order valence-corrected chi connectivity index (χ2v) is 5.37. The van der Waals surface area contributed by atoms with Crippen LogP contribution >= 0.6 is 0 Å². The maximum atomic E-state index is 10.0. The molecule has 0 spiro atoms. The summed E-state index contributed by atoms with van der Waals surface area (Å²) < 4.78 is 12.8. The minimum atomic E-state index is -1.47. The standard InChI is InChI=1S/C16H19NO6/c18-9-11-13(19)14(20)15(21)16(22-11)23-12-7-4-8-17(12)10-5-2-1-3-6-10/h1-8,11,13-16,18-21H,9H2/t11-,13-,14+,15-,16+/m1/s1. The summed E-state index contributed by atoms with van der Waals surface area (Å²) in [6.45, 7) is -0.496. The fourth-order valence-corrected chi connectivity index (χ4v) is 2.55. The molecule has 23 heavy (non-hydrogen) atoms. The molecule has 2 aromatic rings. The van der Waals surface area contributed by atoms with E-state index in [4.69, 9.17) is 9.47 Å². The van der Waals surface area contributed by atoms with E-state index in [1.165, 1.54) is 0 Å². The Kier molecular flexibility index (Phi) is 4.65. The van der Waals surface area contributed by atoms with Crippen LogP contribution in [0.25, 0.3) is 5.69 Å². The number of ether oxygens (including phenoxy) is 2. The zero-order valence-corrected chi connectivity index (χ0v) is 12.3. The minimum Gasteiger partial charge on any atom is -0.446 e. The predicted molar refractivity (Wildman–Crippen MR) is 80.2 cm³/mol. The average Bonchev–Trinajstić information content (AvgIpc) is 3.04. The number of aliphatic hydroxyl groups is 4. The summed E-state index contributed by atoms with van der Waals surface area (Å²) in [4.78, 5) is 0. The van der Waals surface area contributed by atoms with E-state index in [-0.39, 0.29) is 0 Å². The molecule has 5 atom stereocenters. The van der Waals surface area contributed by atoms with Gasteiger partial charge in [-0.1, -0.05) is 18.2 Å². The third kappa shape index (κ3) is 3.10. The zero-order valence-electron chi connectivity index (χ0n) is 12.3. The molecular formula is C16H19NO6. The summed E-state index contributed by atoms with van der Waals surface area (Å²) in [7, 11) is 0. The maximum Gasteiger partial charge on any atom is 0.230 e. The number of nitrogens with zero attached hydrogens (tertiary/aromatic N) is 1. The van der Waals surface area contributed by atoms with E-state index in [1.807, 2.05) is 30.3 Å². The SMILES string of the molecule is OC[C@H]1O[C@@H](Oc2cccn2-c2ccccc2)[C@H](O)[C@@H](O)[C@@H]1O. The van der Waals surface area contributed by atoms with Crippen LogP contribution in [0.5, 0.6) is 5.88 Å². The fraction of sp³-hybridized carbons (Fsp3) is 0.375. The number of aliphatic hydroxyl groups excluding tert-OH is 4. The summed E-state index contributed by atoms with van der Waals surface area (Å²) in [6.07, 6.45) is -4.73. The van der Waals surface area contributed by atoms with Crippen molar-refractivity contribution in [3.05, 3.63) is 48.7 Å². The molecule has 1 aromatic carbocycles. The Morgan fingerprint density at radius 1 is 0.957 bits per heavy atom. The lowest BCUT2D eigenvalue weighted by atomic mass is 9.99. The zero-order chi connectivity index (χ0) is 16.4. The van der Waals surface area contributed by atoms with Gasteiger partial charge in [0.05, 0.1) is 6.61 Å². The van der Waals surface area contributed by atoms with Crippen molar-refractivity contribution in [1.82, 2.24) is 4.57 Å². The van der Waals surface area contributed by atoms with Crippen LogP contribution in [0.3, 0.4) is 0 Å². The largest absolute Gasteiger partial charge is 0.446 e. The molecule has 2 heterocycles. The molecule has 1 saturated heterocycles. The highest BCUT2D eigenvalue weighted by Crippen LogP contribution is 2.26. The van der Waals surface area contributed by atoms with Gasteiger partial charge in [0.15, 0.2) is 0 Å². The molecule has 1 aliphatic rings. The van der Waals surface area contributed by atoms with E-state index >= 15 is 0 Å². The molecule has 3 rings (SSSR count). The first-order chi connectivity index (χ1) is 11.1. The number of benzene rings is 1. The van der Waals surface area contributed by atoms with Crippen molar-refractivity contribution in [1.29, 1.82) is 0 Å². The molecule has 0 amide bonds. The number of para-hydroxylation sites is 1. The van der Waals surface area contributed by atoms with Gasteiger partial charge >= 0.3 is 0 Å². The summed E-state index contributed by atoms with van der Waals surface area (Å²) in [5.41, 5.74) is 0.858. The smallest absolute Gasteiger partial charge is 0.230 e. The highest BCUT2D eigenvalue weighted by atomic mass is 16.7. The van der Waals surface area contributed by atoms with Gasteiger partial charge < -0.3 is 29.9 Å². The van der Waals surface area contributed by atoms with E-state index in [2.05, 4.69) is 0 Å². The Morgan fingerprint density at radius 2 is 1.70 bits per heavy atom. The third-order valence-electron chi connectivity index (χ3n) is 3.83. The van der Waals surface area contributed by atoms with E-state index < -0.39 is 37.3 Å². The molecular weight excluding hydrogens is 302 g/mol. The van der Waals surface area contributed by atoms with E-state index in [9.17, 15) is 20.4 Å². The predicted octanol–water partition coefficient (Wildman–Crippen LogP) is -0.344. The molecule has 0 radical (unpaired) electrons. The molecule has 4 N–H and O–H groups in total. The molecule has 1 aromatic heterocycles. The van der Waals surface area contributed by atoms with Crippen molar-refractivity contribution in [2.75, 3.05) is 6.61 Å². The number of hydrogen-bond donors (Lipinski definition) is 4. The van der Waals surface area contributed by atoms with Crippen LogP contribution in [0.1, 0.15) is 0 Å². The lowest BCUT2D eigenvalue weighted by Crippen LogP contribution is -2.60. The second kappa shape index (κ2) is 6.69. The Hall–Kier alpha value is -1.90. The molecule has 124 valence electrons. The van der Waals surface area contributed by atoms with Crippen LogP contribution in [0.2, 0.25) is 0 Å². The molecule has 0 aliphatic carbocycles. The van der Waals surface area contributed by atoms with Gasteiger partial charge in [0.2, 0.25) is 12.2 Å². The third-order valence-corrected chi connectivity index (χ3v) is 3.83. The van der Waals surface area contributed by atoms with Gasteiger partial charge in [0, 0.05) is 18.0 Å². The van der Waals surface area contributed by atoms with Gasteiger partial charge in [0.1, 0.15) is 24.4 Å². The maximum absolute atomic E-state index is 10.0. The lowest BCUT2D eigenvalue weighted by molar-refractivity contribution is -0.278. The van der Waals surface area contributed by atoms with Gasteiger partial charge in [-0.15, -0.1) is 0 Å². The summed E-state index contributed by atoms with van der Waals surface area (Å²) in [5, 5.41) is 38.8. The first kappa shape index (κ1) is 16.0. The summed E-state index contributed by atoms with van der Waals surface area (Å²) in [5.74, 6) is 0.403. The minimum absolute atomic E-state index is 0.403. The van der Waals surface area contributed by atoms with Crippen molar-refractivity contribution in [2.24, 2.45) is 0 Å². The van der Waals surface area contributed by atoms with Crippen LogP contribution in [-0.2, 0) is 4.74 Å². The molecule has 0 unspecified atom stereocenters. The molecule has 1 fully saturated rings. The van der Waals surface area contributed by atoms with Crippen molar-refractivity contribution >= 4 is 0 Å². The first-order valence-corrected chi connectivity index (χ1v) is 7.32. The molecule has 0 saturated carbocycles. The Balaban J connectivity index is 1.81. The molecule has 7 heteroatoms. The molecule has 7 nitrogen and oxygen atoms in total.